The number of nitrogens with zero attached hydrogens (tertiary/aromatic N) is 7. The third-order valence-corrected chi connectivity index (χ3v) is 9.85. The SMILES string of the molecule is [C-]#[N+]C[C@H]1CN(c2nc(OC[C@@H](C)N(C)C3CCC3)nc3c2CCN(c2cccc4cccc(Cl)c24)C3)CCN1C(=O)C=C. The molecule has 3 aromatic rings. The van der Waals surface area contributed by atoms with Gasteiger partial charge in [0.15, 0.2) is 0 Å². The Morgan fingerprint density at radius 2 is 2.00 bits per heavy atom. The van der Waals surface area contributed by atoms with Crippen LogP contribution in [0.15, 0.2) is 49.1 Å². The van der Waals surface area contributed by atoms with Crippen LogP contribution in [0, 0.1) is 6.57 Å². The summed E-state index contributed by atoms with van der Waals surface area (Å²) in [5.41, 5.74) is 3.13. The van der Waals surface area contributed by atoms with Gasteiger partial charge in [0.25, 0.3) is 0 Å². The fourth-order valence-corrected chi connectivity index (χ4v) is 6.92. The predicted molar refractivity (Wildman–Crippen MR) is 175 cm³/mol. The highest BCUT2D eigenvalue weighted by molar-refractivity contribution is 6.36. The minimum Gasteiger partial charge on any atom is -0.462 e. The zero-order valence-electron chi connectivity index (χ0n) is 25.6. The van der Waals surface area contributed by atoms with E-state index in [1.807, 2.05) is 12.1 Å². The molecule has 2 atom stereocenters. The molecule has 0 N–H and O–H groups in total. The van der Waals surface area contributed by atoms with Gasteiger partial charge in [0.1, 0.15) is 18.5 Å². The number of ether oxygens (including phenoxy) is 1. The topological polar surface area (TPSA) is 69.4 Å². The Bertz CT molecular complexity index is 1580. The lowest BCUT2D eigenvalue weighted by molar-refractivity contribution is -0.128. The summed E-state index contributed by atoms with van der Waals surface area (Å²) in [7, 11) is 2.17. The maximum absolute atomic E-state index is 12.6. The Morgan fingerprint density at radius 3 is 2.73 bits per heavy atom. The minimum absolute atomic E-state index is 0.138. The summed E-state index contributed by atoms with van der Waals surface area (Å²) in [5.74, 6) is 0.710. The van der Waals surface area contributed by atoms with E-state index in [0.29, 0.717) is 44.8 Å². The van der Waals surface area contributed by atoms with Crippen LogP contribution in [0.4, 0.5) is 11.5 Å². The van der Waals surface area contributed by atoms with Crippen LogP contribution in [-0.2, 0) is 17.8 Å². The molecule has 0 unspecified atom stereocenters. The number of anilines is 2. The molecule has 3 heterocycles. The first kappa shape index (κ1) is 30.2. The molecule has 2 aromatic carbocycles. The van der Waals surface area contributed by atoms with Gasteiger partial charge in [-0.05, 0) is 56.8 Å². The zero-order chi connectivity index (χ0) is 30.8. The molecule has 1 amide bonds. The number of hydrogen-bond acceptors (Lipinski definition) is 7. The van der Waals surface area contributed by atoms with Gasteiger partial charge in [-0.15, -0.1) is 0 Å². The second kappa shape index (κ2) is 13.0. The lowest BCUT2D eigenvalue weighted by atomic mass is 9.91. The van der Waals surface area contributed by atoms with Crippen molar-refractivity contribution < 1.29 is 9.53 Å². The number of rotatable bonds is 9. The van der Waals surface area contributed by atoms with Crippen molar-refractivity contribution in [2.24, 2.45) is 0 Å². The van der Waals surface area contributed by atoms with Crippen LogP contribution in [0.25, 0.3) is 15.6 Å². The molecule has 3 aliphatic rings. The van der Waals surface area contributed by atoms with E-state index in [9.17, 15) is 4.79 Å². The number of benzene rings is 2. The highest BCUT2D eigenvalue weighted by atomic mass is 35.5. The van der Waals surface area contributed by atoms with Crippen LogP contribution in [0.1, 0.15) is 37.4 Å². The van der Waals surface area contributed by atoms with E-state index in [1.165, 1.54) is 25.3 Å². The average Bonchev–Trinajstić information content (AvgIpc) is 3.01. The van der Waals surface area contributed by atoms with Gasteiger partial charge in [-0.2, -0.15) is 9.97 Å². The molecule has 6 rings (SSSR count). The van der Waals surface area contributed by atoms with E-state index in [-0.39, 0.29) is 24.5 Å². The number of carbonyl (C=O) groups excluding carboxylic acids is 1. The van der Waals surface area contributed by atoms with E-state index in [1.54, 1.807) is 4.90 Å². The normalized spacial score (nSPS) is 19.3. The smallest absolute Gasteiger partial charge is 0.318 e. The van der Waals surface area contributed by atoms with Crippen molar-refractivity contribution in [1.29, 1.82) is 0 Å². The van der Waals surface area contributed by atoms with Gasteiger partial charge in [-0.1, -0.05) is 48.9 Å². The Kier molecular flexibility index (Phi) is 8.92. The van der Waals surface area contributed by atoms with Gasteiger partial charge in [-0.25, -0.2) is 6.57 Å². The van der Waals surface area contributed by atoms with Crippen molar-refractivity contribution >= 4 is 39.8 Å². The molecule has 1 aliphatic carbocycles. The van der Waals surface area contributed by atoms with Crippen molar-refractivity contribution in [3.05, 3.63) is 76.8 Å². The number of amides is 1. The number of carbonyl (C=O) groups is 1. The van der Waals surface area contributed by atoms with Gasteiger partial charge in [-0.3, -0.25) is 9.69 Å². The number of piperazine rings is 1. The number of fused-ring (bicyclic) bond motifs is 2. The van der Waals surface area contributed by atoms with Gasteiger partial charge in [0, 0.05) is 54.9 Å². The molecule has 1 aromatic heterocycles. The molecule has 230 valence electrons. The number of hydrogen-bond donors (Lipinski definition) is 0. The van der Waals surface area contributed by atoms with Crippen molar-refractivity contribution in [2.45, 2.75) is 57.3 Å². The number of likely N-dealkylation sites (N-methyl/N-ethyl adjacent to an activating group) is 1. The number of halogens is 1. The predicted octanol–water partition coefficient (Wildman–Crippen LogP) is 5.22. The van der Waals surface area contributed by atoms with Gasteiger partial charge >= 0.3 is 6.01 Å². The quantitative estimate of drug-likeness (QED) is 0.242. The van der Waals surface area contributed by atoms with Crippen LogP contribution in [0.5, 0.6) is 6.01 Å². The summed E-state index contributed by atoms with van der Waals surface area (Å²) in [4.78, 5) is 34.9. The van der Waals surface area contributed by atoms with E-state index in [0.717, 1.165) is 51.5 Å². The van der Waals surface area contributed by atoms with Crippen LogP contribution >= 0.6 is 11.6 Å². The largest absolute Gasteiger partial charge is 0.462 e. The van der Waals surface area contributed by atoms with E-state index in [2.05, 4.69) is 64.4 Å². The fraction of sp³-hybridized carbons (Fsp3) is 0.471. The molecule has 44 heavy (non-hydrogen) atoms. The van der Waals surface area contributed by atoms with Crippen molar-refractivity contribution in [3.63, 3.8) is 0 Å². The fourth-order valence-electron chi connectivity index (χ4n) is 6.64. The van der Waals surface area contributed by atoms with Crippen LogP contribution in [0.2, 0.25) is 5.02 Å². The molecule has 1 saturated carbocycles. The van der Waals surface area contributed by atoms with Crippen LogP contribution in [-0.4, -0.2) is 90.2 Å². The molecular weight excluding hydrogens is 574 g/mol. The molecule has 2 aliphatic heterocycles. The minimum atomic E-state index is -0.240. The molecule has 10 heteroatoms. The second-order valence-corrected chi connectivity index (χ2v) is 12.5. The van der Waals surface area contributed by atoms with Gasteiger partial charge in [0.05, 0.1) is 17.3 Å². The summed E-state index contributed by atoms with van der Waals surface area (Å²) >= 11 is 6.71. The average molecular weight is 614 g/mol. The molecule has 2 fully saturated rings. The molecular formula is C34H40ClN7O2. The highest BCUT2D eigenvalue weighted by Crippen LogP contribution is 2.37. The molecule has 0 bridgehead atoms. The van der Waals surface area contributed by atoms with Crippen LogP contribution < -0.4 is 14.5 Å². The van der Waals surface area contributed by atoms with Gasteiger partial charge in [0.2, 0.25) is 12.5 Å². The Labute approximate surface area is 264 Å². The zero-order valence-corrected chi connectivity index (χ0v) is 26.3. The van der Waals surface area contributed by atoms with Crippen molar-refractivity contribution in [2.75, 3.05) is 56.2 Å². The first-order valence-electron chi connectivity index (χ1n) is 15.6. The molecule has 9 nitrogen and oxygen atoms in total. The first-order valence-corrected chi connectivity index (χ1v) is 15.9. The third kappa shape index (κ3) is 5.93. The standard InChI is InChI=1S/C34H40ClN7O2/c1-5-31(43)42-18-17-41(20-26(42)19-36-3)33-27-15-16-40(30-14-7-10-24-9-6-13-28(35)32(24)30)21-29(27)37-34(38-33)44-22-23(2)39(4)25-11-8-12-25/h5-7,9-10,13-14,23,25-26H,1,8,11-12,15-22H2,2,4H3/t23-,26+/m1/s1. The molecule has 0 radical (unpaired) electrons. The third-order valence-electron chi connectivity index (χ3n) is 9.54. The van der Waals surface area contributed by atoms with Crippen molar-refractivity contribution in [3.8, 4) is 6.01 Å². The number of aromatic nitrogens is 2. The second-order valence-electron chi connectivity index (χ2n) is 12.1. The Balaban J connectivity index is 1.32. The lowest BCUT2D eigenvalue weighted by Gasteiger charge is -2.41. The van der Waals surface area contributed by atoms with E-state index in [4.69, 9.17) is 32.9 Å². The summed E-state index contributed by atoms with van der Waals surface area (Å²) in [6, 6.07) is 13.3. The molecule has 1 saturated heterocycles. The maximum atomic E-state index is 12.6. The summed E-state index contributed by atoms with van der Waals surface area (Å²) < 4.78 is 6.33. The first-order chi connectivity index (χ1) is 21.4. The maximum Gasteiger partial charge on any atom is 0.318 e. The lowest BCUT2D eigenvalue weighted by Crippen LogP contribution is -2.56. The molecule has 0 spiro atoms. The monoisotopic (exact) mass is 613 g/mol. The summed E-state index contributed by atoms with van der Waals surface area (Å²) in [6.07, 6.45) is 5.85. The van der Waals surface area contributed by atoms with E-state index >= 15 is 0 Å². The van der Waals surface area contributed by atoms with Gasteiger partial charge < -0.3 is 24.3 Å². The van der Waals surface area contributed by atoms with Crippen molar-refractivity contribution in [1.82, 2.24) is 19.8 Å². The summed E-state index contributed by atoms with van der Waals surface area (Å²) in [6.45, 7) is 17.1. The Morgan fingerprint density at radius 1 is 1.20 bits per heavy atom. The Hall–Kier alpha value is -3.87. The summed E-state index contributed by atoms with van der Waals surface area (Å²) in [5, 5.41) is 2.89. The van der Waals surface area contributed by atoms with Crippen LogP contribution in [0.3, 0.4) is 0 Å². The van der Waals surface area contributed by atoms with E-state index < -0.39 is 0 Å². The highest BCUT2D eigenvalue weighted by Gasteiger charge is 2.35.